The van der Waals surface area contributed by atoms with Gasteiger partial charge in [-0.05, 0) is 50.3 Å². The first-order chi connectivity index (χ1) is 15.4. The van der Waals surface area contributed by atoms with Crippen molar-refractivity contribution in [1.82, 2.24) is 15.1 Å². The zero-order valence-electron chi connectivity index (χ0n) is 19.8. The molecule has 0 bridgehead atoms. The van der Waals surface area contributed by atoms with E-state index in [-0.39, 0.29) is 11.4 Å². The topological polar surface area (TPSA) is 57.2 Å². The molecule has 1 spiro atoms. The minimum absolute atomic E-state index is 0.0960. The molecule has 1 aromatic rings. The van der Waals surface area contributed by atoms with Crippen molar-refractivity contribution in [3.05, 3.63) is 59.9 Å². The number of carbonyl (C=O) groups excluding carboxylic acids is 1. The summed E-state index contributed by atoms with van der Waals surface area (Å²) in [6, 6.07) is 8.11. The lowest BCUT2D eigenvalue weighted by Gasteiger charge is -2.40. The Morgan fingerprint density at radius 1 is 1.31 bits per heavy atom. The van der Waals surface area contributed by atoms with Crippen molar-refractivity contribution in [3.63, 3.8) is 0 Å². The van der Waals surface area contributed by atoms with Gasteiger partial charge in [0.25, 0.3) is 5.91 Å². The molecule has 2 aliphatic rings. The van der Waals surface area contributed by atoms with Gasteiger partial charge in [-0.1, -0.05) is 37.0 Å². The first kappa shape index (κ1) is 25.6. The average Bonchev–Trinajstić information content (AvgIpc) is 3.00. The van der Waals surface area contributed by atoms with Crippen LogP contribution in [0.2, 0.25) is 0 Å². The summed E-state index contributed by atoms with van der Waals surface area (Å²) in [6.45, 7) is 9.99. The SMILES string of the molecule is C=C/C(=C\N=C(C)OCC)NC.CN1C(=O)c2ccccc2C12CCCN(C=S)CCC2. The lowest BCUT2D eigenvalue weighted by atomic mass is 9.80. The Labute approximate surface area is 198 Å². The standard InChI is InChI=1S/C16H20N2OS.C9H16N2O/c1-17-15(19)13-6-2-3-7-14(13)16(17)8-4-10-18(12-20)11-5-9-16;1-5-9(10-4)7-11-8(3)12-6-2/h2-3,6-7,12H,4-5,8-11H2,1H3;5,7,10H,1,6H2,2-4H3/b;9-7+,11-8?. The minimum Gasteiger partial charge on any atom is -0.481 e. The quantitative estimate of drug-likeness (QED) is 0.306. The summed E-state index contributed by atoms with van der Waals surface area (Å²) in [6.07, 6.45) is 7.55. The average molecular weight is 457 g/mol. The van der Waals surface area contributed by atoms with Crippen LogP contribution in [0.1, 0.15) is 55.5 Å². The van der Waals surface area contributed by atoms with Crippen molar-refractivity contribution in [2.75, 3.05) is 33.8 Å². The molecule has 0 aromatic heterocycles. The van der Waals surface area contributed by atoms with Crippen molar-refractivity contribution in [2.24, 2.45) is 4.99 Å². The second-order valence-corrected chi connectivity index (χ2v) is 8.12. The largest absolute Gasteiger partial charge is 0.481 e. The van der Waals surface area contributed by atoms with Gasteiger partial charge < -0.3 is 19.9 Å². The van der Waals surface area contributed by atoms with Gasteiger partial charge in [-0.3, -0.25) is 4.79 Å². The Bertz CT molecular complexity index is 855. The number of ether oxygens (including phenoxy) is 1. The summed E-state index contributed by atoms with van der Waals surface area (Å²) in [7, 11) is 3.78. The van der Waals surface area contributed by atoms with E-state index < -0.39 is 0 Å². The molecule has 1 aromatic carbocycles. The van der Waals surface area contributed by atoms with E-state index in [2.05, 4.69) is 33.9 Å². The molecule has 3 rings (SSSR count). The first-order valence-corrected chi connectivity index (χ1v) is 11.6. The molecule has 0 unspecified atom stereocenters. The molecule has 174 valence electrons. The summed E-state index contributed by atoms with van der Waals surface area (Å²) in [5, 5.41) is 2.93. The Morgan fingerprint density at radius 2 is 1.97 bits per heavy atom. The van der Waals surface area contributed by atoms with Gasteiger partial charge in [0.1, 0.15) is 0 Å². The minimum atomic E-state index is -0.0960. The predicted molar refractivity (Wildman–Crippen MR) is 136 cm³/mol. The molecule has 32 heavy (non-hydrogen) atoms. The number of amides is 1. The number of rotatable bonds is 5. The third kappa shape index (κ3) is 5.97. The monoisotopic (exact) mass is 456 g/mol. The molecule has 2 heterocycles. The number of carbonyl (C=O) groups is 1. The van der Waals surface area contributed by atoms with E-state index in [0.717, 1.165) is 50.0 Å². The van der Waals surface area contributed by atoms with Crippen molar-refractivity contribution >= 4 is 29.5 Å². The highest BCUT2D eigenvalue weighted by molar-refractivity contribution is 7.78. The number of nitrogens with zero attached hydrogens (tertiary/aromatic N) is 3. The van der Waals surface area contributed by atoms with Gasteiger partial charge in [-0.15, -0.1) is 0 Å². The maximum atomic E-state index is 12.5. The molecule has 6 nitrogen and oxygen atoms in total. The number of aliphatic imine (C=N–C) groups is 1. The number of thiocarbonyl (C=S) groups is 1. The number of likely N-dealkylation sites (N-methyl/N-ethyl adjacent to an activating group) is 1. The molecular formula is C25H36N4O2S. The Balaban J connectivity index is 0.000000262. The van der Waals surface area contributed by atoms with Gasteiger partial charge in [0.05, 0.1) is 29.5 Å². The van der Waals surface area contributed by atoms with Crippen molar-refractivity contribution in [2.45, 2.75) is 45.1 Å². The molecule has 0 saturated carbocycles. The zero-order chi connectivity index (χ0) is 23.6. The zero-order valence-corrected chi connectivity index (χ0v) is 20.6. The van der Waals surface area contributed by atoms with E-state index in [4.69, 9.17) is 17.0 Å². The third-order valence-corrected chi connectivity index (χ3v) is 6.37. The molecule has 1 amide bonds. The summed E-state index contributed by atoms with van der Waals surface area (Å²) in [5.41, 5.74) is 4.66. The highest BCUT2D eigenvalue weighted by Gasteiger charge is 2.46. The summed E-state index contributed by atoms with van der Waals surface area (Å²) < 4.78 is 5.12. The van der Waals surface area contributed by atoms with E-state index >= 15 is 0 Å². The van der Waals surface area contributed by atoms with Gasteiger partial charge in [-0.25, -0.2) is 4.99 Å². The molecule has 0 atom stereocenters. The van der Waals surface area contributed by atoms with E-state index in [9.17, 15) is 4.79 Å². The van der Waals surface area contributed by atoms with E-state index in [1.54, 1.807) is 17.8 Å². The lowest BCUT2D eigenvalue weighted by molar-refractivity contribution is 0.0550. The van der Waals surface area contributed by atoms with Crippen LogP contribution >= 0.6 is 12.2 Å². The van der Waals surface area contributed by atoms with Crippen LogP contribution in [0, 0.1) is 0 Å². The molecule has 2 aliphatic heterocycles. The van der Waals surface area contributed by atoms with E-state index in [1.807, 2.05) is 45.0 Å². The molecule has 0 radical (unpaired) electrons. The number of allylic oxidation sites excluding steroid dienone is 1. The van der Waals surface area contributed by atoms with Crippen LogP contribution in [-0.4, -0.2) is 60.9 Å². The van der Waals surface area contributed by atoms with Crippen molar-refractivity contribution < 1.29 is 9.53 Å². The van der Waals surface area contributed by atoms with Crippen LogP contribution in [-0.2, 0) is 10.3 Å². The van der Waals surface area contributed by atoms with Crippen LogP contribution in [0.4, 0.5) is 0 Å². The van der Waals surface area contributed by atoms with Crippen molar-refractivity contribution in [3.8, 4) is 0 Å². The fourth-order valence-corrected chi connectivity index (χ4v) is 4.56. The lowest BCUT2D eigenvalue weighted by Crippen LogP contribution is -2.43. The molecule has 7 heteroatoms. The van der Waals surface area contributed by atoms with Gasteiger partial charge in [-0.2, -0.15) is 0 Å². The third-order valence-electron chi connectivity index (χ3n) is 6.07. The normalized spacial score (nSPS) is 18.2. The maximum absolute atomic E-state index is 12.5. The number of hydrogen-bond acceptors (Lipinski definition) is 5. The molecule has 1 saturated heterocycles. The number of nitrogens with one attached hydrogen (secondary N) is 1. The van der Waals surface area contributed by atoms with Crippen LogP contribution in [0.3, 0.4) is 0 Å². The highest BCUT2D eigenvalue weighted by Crippen LogP contribution is 2.45. The Hall–Kier alpha value is -2.67. The summed E-state index contributed by atoms with van der Waals surface area (Å²) >= 11 is 5.04. The summed E-state index contributed by atoms with van der Waals surface area (Å²) in [4.78, 5) is 20.7. The van der Waals surface area contributed by atoms with Crippen LogP contribution in [0.5, 0.6) is 0 Å². The van der Waals surface area contributed by atoms with E-state index in [1.165, 1.54) is 5.56 Å². The Kier molecular flexibility index (Phi) is 9.91. The second-order valence-electron chi connectivity index (χ2n) is 7.91. The van der Waals surface area contributed by atoms with Crippen LogP contribution in [0.25, 0.3) is 0 Å². The molecule has 1 fully saturated rings. The molecule has 0 aliphatic carbocycles. The van der Waals surface area contributed by atoms with Crippen LogP contribution < -0.4 is 5.32 Å². The second kappa shape index (κ2) is 12.4. The van der Waals surface area contributed by atoms with Gasteiger partial charge >= 0.3 is 0 Å². The highest BCUT2D eigenvalue weighted by atomic mass is 32.1. The molecular weight excluding hydrogens is 420 g/mol. The maximum Gasteiger partial charge on any atom is 0.254 e. The van der Waals surface area contributed by atoms with Gasteiger partial charge in [0.15, 0.2) is 5.90 Å². The number of hydrogen-bond donors (Lipinski definition) is 1. The first-order valence-electron chi connectivity index (χ1n) is 11.2. The van der Waals surface area contributed by atoms with Gasteiger partial charge in [0.2, 0.25) is 0 Å². The number of benzene rings is 1. The van der Waals surface area contributed by atoms with Crippen LogP contribution in [0.15, 0.2) is 53.8 Å². The van der Waals surface area contributed by atoms with Gasteiger partial charge in [0, 0.05) is 39.7 Å². The summed E-state index contributed by atoms with van der Waals surface area (Å²) in [5.74, 6) is 0.833. The van der Waals surface area contributed by atoms with E-state index in [0.29, 0.717) is 12.5 Å². The number of likely N-dealkylation sites (tertiary alicyclic amines) is 1. The van der Waals surface area contributed by atoms with Crippen molar-refractivity contribution in [1.29, 1.82) is 0 Å². The Morgan fingerprint density at radius 3 is 2.53 bits per heavy atom. The smallest absolute Gasteiger partial charge is 0.254 e. The fraction of sp³-hybridized carbons (Fsp3) is 0.480. The fourth-order valence-electron chi connectivity index (χ4n) is 4.35. The number of fused-ring (bicyclic) bond motifs is 2. The predicted octanol–water partition coefficient (Wildman–Crippen LogP) is 4.49. The molecule has 1 N–H and O–H groups in total.